The largest absolute Gasteiger partial charge is 0.465 e. The number of ether oxygens (including phenoxy) is 1. The van der Waals surface area contributed by atoms with Crippen molar-refractivity contribution in [3.8, 4) is 0 Å². The third-order valence-electron chi connectivity index (χ3n) is 2.38. The molecule has 0 radical (unpaired) electrons. The van der Waals surface area contributed by atoms with Gasteiger partial charge in [0.25, 0.3) is 0 Å². The van der Waals surface area contributed by atoms with E-state index in [1.54, 1.807) is 6.07 Å². The van der Waals surface area contributed by atoms with Gasteiger partial charge < -0.3 is 10.5 Å². The lowest BCUT2D eigenvalue weighted by atomic mass is 10.1. The van der Waals surface area contributed by atoms with Crippen molar-refractivity contribution in [2.75, 3.05) is 7.11 Å². The molecule has 0 aromatic carbocycles. The number of unbranched alkanes of at least 4 members (excludes halogenated alkanes) is 1. The summed E-state index contributed by atoms with van der Waals surface area (Å²) in [4.78, 5) is 19.7. The molecule has 1 aromatic heterocycles. The summed E-state index contributed by atoms with van der Waals surface area (Å²) in [5, 5.41) is 0.281. The number of pyridine rings is 1. The Hall–Kier alpha value is -1.62. The molecule has 2 N–H and O–H groups in total. The van der Waals surface area contributed by atoms with Gasteiger partial charge in [-0.3, -0.25) is 0 Å². The van der Waals surface area contributed by atoms with Gasteiger partial charge in [-0.15, -0.1) is 0 Å². The van der Waals surface area contributed by atoms with Gasteiger partial charge in [-0.25, -0.2) is 14.8 Å². The fourth-order valence-electron chi connectivity index (χ4n) is 1.49. The predicted molar refractivity (Wildman–Crippen MR) is 71.5 cm³/mol. The summed E-state index contributed by atoms with van der Waals surface area (Å²) in [6, 6.07) is 1.67. The second-order valence-electron chi connectivity index (χ2n) is 3.67. The van der Waals surface area contributed by atoms with Gasteiger partial charge in [0.2, 0.25) is 0 Å². The van der Waals surface area contributed by atoms with Crippen LogP contribution in [0, 0.1) is 0 Å². The molecule has 1 rings (SSSR count). The number of carbonyl (C=O) groups excluding carboxylic acids is 1. The molecule has 1 heterocycles. The molecular formula is C12H16ClN3O2. The Morgan fingerprint density at radius 3 is 2.94 bits per heavy atom. The summed E-state index contributed by atoms with van der Waals surface area (Å²) < 4.78 is 4.65. The second kappa shape index (κ2) is 6.96. The van der Waals surface area contributed by atoms with Crippen molar-refractivity contribution in [2.45, 2.75) is 26.2 Å². The monoisotopic (exact) mass is 269 g/mol. The Balaban J connectivity index is 3.22. The van der Waals surface area contributed by atoms with E-state index in [0.29, 0.717) is 0 Å². The highest BCUT2D eigenvalue weighted by Crippen LogP contribution is 2.27. The Morgan fingerprint density at radius 1 is 1.67 bits per heavy atom. The summed E-state index contributed by atoms with van der Waals surface area (Å²) in [5.41, 5.74) is 6.17. The van der Waals surface area contributed by atoms with Crippen LogP contribution in [0.4, 0.5) is 5.82 Å². The van der Waals surface area contributed by atoms with Crippen molar-refractivity contribution in [1.82, 2.24) is 4.98 Å². The molecule has 0 unspecified atom stereocenters. The number of aryl methyl sites for hydroxylation is 1. The molecule has 0 atom stereocenters. The van der Waals surface area contributed by atoms with Crippen LogP contribution in [0.2, 0.25) is 5.02 Å². The molecule has 0 aliphatic rings. The predicted octanol–water partition coefficient (Wildman–Crippen LogP) is 2.48. The number of halogens is 1. The topological polar surface area (TPSA) is 77.6 Å². The van der Waals surface area contributed by atoms with Crippen LogP contribution in [0.5, 0.6) is 0 Å². The molecule has 0 saturated heterocycles. The Bertz CT molecular complexity index is 461. The van der Waals surface area contributed by atoms with Gasteiger partial charge in [0.1, 0.15) is 5.56 Å². The van der Waals surface area contributed by atoms with Gasteiger partial charge in [0.05, 0.1) is 18.5 Å². The zero-order chi connectivity index (χ0) is 13.5. The van der Waals surface area contributed by atoms with Crippen LogP contribution in [0.25, 0.3) is 0 Å². The summed E-state index contributed by atoms with van der Waals surface area (Å²) >= 11 is 6.07. The quantitative estimate of drug-likeness (QED) is 0.506. The zero-order valence-corrected chi connectivity index (χ0v) is 11.2. The van der Waals surface area contributed by atoms with Crippen LogP contribution >= 0.6 is 11.6 Å². The van der Waals surface area contributed by atoms with Crippen molar-refractivity contribution in [2.24, 2.45) is 10.7 Å². The normalized spacial score (nSPS) is 10.8. The minimum absolute atomic E-state index is 0.140. The average Bonchev–Trinajstić information content (AvgIpc) is 2.35. The first-order chi connectivity index (χ1) is 8.63. The van der Waals surface area contributed by atoms with Crippen LogP contribution in [0.1, 0.15) is 35.8 Å². The molecule has 0 bridgehead atoms. The van der Waals surface area contributed by atoms with Gasteiger partial charge in [0.15, 0.2) is 5.82 Å². The molecule has 1 aromatic rings. The van der Waals surface area contributed by atoms with Gasteiger partial charge in [-0.2, -0.15) is 0 Å². The number of methoxy groups -OCH3 is 1. The minimum atomic E-state index is -0.574. The van der Waals surface area contributed by atoms with Gasteiger partial charge in [-0.1, -0.05) is 24.9 Å². The van der Waals surface area contributed by atoms with Crippen LogP contribution in [-0.2, 0) is 11.2 Å². The SMILES string of the molecule is CCCCc1cc(Cl)c(C(=O)OC)c(N=CN)n1. The maximum absolute atomic E-state index is 11.6. The van der Waals surface area contributed by atoms with E-state index in [9.17, 15) is 4.79 Å². The molecule has 0 aliphatic heterocycles. The summed E-state index contributed by atoms with van der Waals surface area (Å²) in [6.45, 7) is 2.09. The van der Waals surface area contributed by atoms with E-state index in [0.717, 1.165) is 31.3 Å². The average molecular weight is 270 g/mol. The lowest BCUT2D eigenvalue weighted by molar-refractivity contribution is 0.0601. The van der Waals surface area contributed by atoms with Crippen molar-refractivity contribution in [3.05, 3.63) is 22.3 Å². The van der Waals surface area contributed by atoms with Crippen LogP contribution in [0.3, 0.4) is 0 Å². The Labute approximate surface area is 111 Å². The maximum Gasteiger partial charge on any atom is 0.343 e. The van der Waals surface area contributed by atoms with E-state index in [1.807, 2.05) is 0 Å². The summed E-state index contributed by atoms with van der Waals surface area (Å²) in [7, 11) is 1.28. The lowest BCUT2D eigenvalue weighted by Crippen LogP contribution is -2.06. The number of aliphatic imine (C=N–C) groups is 1. The van der Waals surface area contributed by atoms with E-state index >= 15 is 0 Å². The number of aromatic nitrogens is 1. The number of hydrogen-bond donors (Lipinski definition) is 1. The third kappa shape index (κ3) is 3.43. The molecule has 98 valence electrons. The summed E-state index contributed by atoms with van der Waals surface area (Å²) in [5.74, 6) is -0.377. The van der Waals surface area contributed by atoms with Gasteiger partial charge >= 0.3 is 5.97 Å². The number of carbonyl (C=O) groups is 1. The zero-order valence-electron chi connectivity index (χ0n) is 10.4. The molecule has 0 saturated carbocycles. The van der Waals surface area contributed by atoms with E-state index in [1.165, 1.54) is 7.11 Å². The number of rotatable bonds is 5. The Morgan fingerprint density at radius 2 is 2.39 bits per heavy atom. The van der Waals surface area contributed by atoms with E-state index in [4.69, 9.17) is 17.3 Å². The molecule has 0 fully saturated rings. The van der Waals surface area contributed by atoms with E-state index < -0.39 is 5.97 Å². The molecule has 6 heteroatoms. The number of esters is 1. The van der Waals surface area contributed by atoms with Crippen LogP contribution in [-0.4, -0.2) is 24.4 Å². The number of nitrogens with two attached hydrogens (primary N) is 1. The second-order valence-corrected chi connectivity index (χ2v) is 4.07. The highest BCUT2D eigenvalue weighted by Gasteiger charge is 2.18. The van der Waals surface area contributed by atoms with Crippen molar-refractivity contribution in [1.29, 1.82) is 0 Å². The summed E-state index contributed by atoms with van der Waals surface area (Å²) in [6.07, 6.45) is 3.90. The highest BCUT2D eigenvalue weighted by atomic mass is 35.5. The Kier molecular flexibility index (Phi) is 5.58. The van der Waals surface area contributed by atoms with Gasteiger partial charge in [-0.05, 0) is 18.9 Å². The fraction of sp³-hybridized carbons (Fsp3) is 0.417. The fourth-order valence-corrected chi connectivity index (χ4v) is 1.78. The molecule has 0 amide bonds. The first-order valence-corrected chi connectivity index (χ1v) is 6.03. The first-order valence-electron chi connectivity index (χ1n) is 5.66. The maximum atomic E-state index is 11.6. The molecule has 0 spiro atoms. The smallest absolute Gasteiger partial charge is 0.343 e. The minimum Gasteiger partial charge on any atom is -0.465 e. The van der Waals surface area contributed by atoms with Gasteiger partial charge in [0, 0.05) is 5.69 Å². The van der Waals surface area contributed by atoms with E-state index in [-0.39, 0.29) is 16.4 Å². The lowest BCUT2D eigenvalue weighted by Gasteiger charge is -2.08. The van der Waals surface area contributed by atoms with Crippen molar-refractivity contribution < 1.29 is 9.53 Å². The molecule has 18 heavy (non-hydrogen) atoms. The first kappa shape index (κ1) is 14.4. The molecule has 5 nitrogen and oxygen atoms in total. The number of hydrogen-bond acceptors (Lipinski definition) is 4. The highest BCUT2D eigenvalue weighted by molar-refractivity contribution is 6.34. The molecule has 0 aliphatic carbocycles. The van der Waals surface area contributed by atoms with E-state index in [2.05, 4.69) is 21.6 Å². The standard InChI is InChI=1S/C12H16ClN3O2/c1-3-4-5-8-6-9(13)10(12(17)18-2)11(16-8)15-7-14/h6-7H,3-5H2,1-2H3,(H2,14,15,16). The molecular weight excluding hydrogens is 254 g/mol. The van der Waals surface area contributed by atoms with Crippen molar-refractivity contribution >= 4 is 29.7 Å². The third-order valence-corrected chi connectivity index (χ3v) is 2.68. The number of nitrogens with zero attached hydrogens (tertiary/aromatic N) is 2. The van der Waals surface area contributed by atoms with Crippen molar-refractivity contribution in [3.63, 3.8) is 0 Å². The van der Waals surface area contributed by atoms with Crippen LogP contribution < -0.4 is 5.73 Å². The van der Waals surface area contributed by atoms with Crippen LogP contribution in [0.15, 0.2) is 11.1 Å².